The number of ether oxygens (including phenoxy) is 2. The number of halogens is 1. The highest BCUT2D eigenvalue weighted by molar-refractivity contribution is 7.89. The predicted octanol–water partition coefficient (Wildman–Crippen LogP) is 4.42. The Morgan fingerprint density at radius 1 is 0.946 bits per heavy atom. The molecule has 3 aromatic carbocycles. The number of carbonyl (C=O) groups excluding carboxylic acids is 1. The van der Waals surface area contributed by atoms with Crippen molar-refractivity contribution in [1.82, 2.24) is 9.21 Å². The summed E-state index contributed by atoms with van der Waals surface area (Å²) in [5.41, 5.74) is 2.92. The first-order chi connectivity index (χ1) is 17.7. The molecular weight excluding hydrogens is 514 g/mol. The molecular formula is C27H30ClN3O5S. The van der Waals surface area contributed by atoms with Gasteiger partial charge in [-0.25, -0.2) is 8.42 Å². The lowest BCUT2D eigenvalue weighted by atomic mass is 10.1. The number of aryl methyl sites for hydroxylation is 1. The minimum atomic E-state index is -3.51. The van der Waals surface area contributed by atoms with E-state index in [1.54, 1.807) is 30.3 Å². The lowest BCUT2D eigenvalue weighted by Gasteiger charge is -2.34. The topological polar surface area (TPSA) is 88.2 Å². The molecule has 0 bridgehead atoms. The van der Waals surface area contributed by atoms with Crippen LogP contribution in [0.1, 0.15) is 21.5 Å². The lowest BCUT2D eigenvalue weighted by Crippen LogP contribution is -2.48. The first-order valence-electron chi connectivity index (χ1n) is 11.8. The van der Waals surface area contributed by atoms with Crippen molar-refractivity contribution in [3.8, 4) is 11.5 Å². The summed E-state index contributed by atoms with van der Waals surface area (Å²) >= 11 is 6.16. The molecule has 1 N–H and O–H groups in total. The molecule has 0 spiro atoms. The zero-order chi connectivity index (χ0) is 26.6. The van der Waals surface area contributed by atoms with Gasteiger partial charge in [-0.1, -0.05) is 41.4 Å². The maximum absolute atomic E-state index is 13.0. The van der Waals surface area contributed by atoms with Crippen molar-refractivity contribution in [2.45, 2.75) is 18.4 Å². The zero-order valence-corrected chi connectivity index (χ0v) is 22.6. The minimum Gasteiger partial charge on any atom is -0.495 e. The van der Waals surface area contributed by atoms with E-state index in [0.717, 1.165) is 11.1 Å². The number of hydrogen-bond donors (Lipinski definition) is 1. The van der Waals surface area contributed by atoms with Crippen molar-refractivity contribution in [2.24, 2.45) is 0 Å². The summed E-state index contributed by atoms with van der Waals surface area (Å²) in [6, 6.07) is 17.5. The number of benzene rings is 3. The summed E-state index contributed by atoms with van der Waals surface area (Å²) in [6.45, 7) is 4.56. The molecule has 0 saturated carbocycles. The Bertz CT molecular complexity index is 1370. The second kappa shape index (κ2) is 11.5. The number of nitrogens with zero attached hydrogens (tertiary/aromatic N) is 2. The third-order valence-corrected chi connectivity index (χ3v) is 8.52. The fourth-order valence-corrected chi connectivity index (χ4v) is 5.86. The van der Waals surface area contributed by atoms with E-state index in [4.69, 9.17) is 21.1 Å². The summed E-state index contributed by atoms with van der Waals surface area (Å²) in [4.78, 5) is 15.5. The highest BCUT2D eigenvalue weighted by Gasteiger charge is 2.28. The van der Waals surface area contributed by atoms with E-state index >= 15 is 0 Å². The molecule has 1 fully saturated rings. The van der Waals surface area contributed by atoms with E-state index in [0.29, 0.717) is 65.4 Å². The van der Waals surface area contributed by atoms with Crippen molar-refractivity contribution in [2.75, 3.05) is 45.7 Å². The van der Waals surface area contributed by atoms with Gasteiger partial charge in [-0.2, -0.15) is 4.31 Å². The Kier molecular flexibility index (Phi) is 8.39. The number of nitrogens with one attached hydrogen (secondary N) is 1. The fourth-order valence-electron chi connectivity index (χ4n) is 4.21. The molecule has 1 aliphatic rings. The van der Waals surface area contributed by atoms with Crippen LogP contribution in [-0.2, 0) is 16.6 Å². The first kappa shape index (κ1) is 26.9. The van der Waals surface area contributed by atoms with Crippen LogP contribution in [0.4, 0.5) is 5.69 Å². The van der Waals surface area contributed by atoms with Crippen LogP contribution in [0.3, 0.4) is 0 Å². The molecule has 0 unspecified atom stereocenters. The van der Waals surface area contributed by atoms with Crippen molar-refractivity contribution >= 4 is 33.2 Å². The molecule has 1 saturated heterocycles. The van der Waals surface area contributed by atoms with Crippen LogP contribution >= 0.6 is 11.6 Å². The molecule has 0 aliphatic carbocycles. The molecule has 1 heterocycles. The Hall–Kier alpha value is -3.11. The summed E-state index contributed by atoms with van der Waals surface area (Å²) < 4.78 is 38.1. The summed E-state index contributed by atoms with van der Waals surface area (Å²) in [6.07, 6.45) is 0. The van der Waals surface area contributed by atoms with Gasteiger partial charge in [-0.05, 0) is 36.8 Å². The second-order valence-electron chi connectivity index (χ2n) is 8.83. The van der Waals surface area contributed by atoms with Crippen molar-refractivity contribution in [3.63, 3.8) is 0 Å². The highest BCUT2D eigenvalue weighted by Crippen LogP contribution is 2.36. The van der Waals surface area contributed by atoms with E-state index < -0.39 is 10.0 Å². The van der Waals surface area contributed by atoms with Gasteiger partial charge in [0.25, 0.3) is 5.91 Å². The van der Waals surface area contributed by atoms with Gasteiger partial charge >= 0.3 is 0 Å². The van der Waals surface area contributed by atoms with E-state index in [9.17, 15) is 13.2 Å². The Balaban J connectivity index is 1.39. The third-order valence-electron chi connectivity index (χ3n) is 6.31. The normalized spacial score (nSPS) is 14.8. The van der Waals surface area contributed by atoms with E-state index in [1.165, 1.54) is 18.5 Å². The molecule has 8 nitrogen and oxygen atoms in total. The quantitative estimate of drug-likeness (QED) is 0.452. The molecule has 0 atom stereocenters. The van der Waals surface area contributed by atoms with E-state index in [2.05, 4.69) is 10.2 Å². The third kappa shape index (κ3) is 6.24. The minimum absolute atomic E-state index is 0.293. The van der Waals surface area contributed by atoms with Crippen LogP contribution in [-0.4, -0.2) is 63.9 Å². The van der Waals surface area contributed by atoms with Gasteiger partial charge in [0.15, 0.2) is 0 Å². The van der Waals surface area contributed by atoms with Gasteiger partial charge in [-0.3, -0.25) is 9.69 Å². The van der Waals surface area contributed by atoms with Gasteiger partial charge in [0.2, 0.25) is 10.0 Å². The lowest BCUT2D eigenvalue weighted by molar-refractivity contribution is 0.102. The molecule has 3 aromatic rings. The second-order valence-corrected chi connectivity index (χ2v) is 11.2. The van der Waals surface area contributed by atoms with Crippen LogP contribution in [0.2, 0.25) is 5.02 Å². The predicted molar refractivity (Wildman–Crippen MR) is 144 cm³/mol. The maximum atomic E-state index is 13.0. The Labute approximate surface area is 222 Å². The van der Waals surface area contributed by atoms with Crippen molar-refractivity contribution in [3.05, 3.63) is 82.4 Å². The number of methoxy groups -OCH3 is 2. The van der Waals surface area contributed by atoms with Gasteiger partial charge in [0, 0.05) is 50.4 Å². The monoisotopic (exact) mass is 543 g/mol. The Morgan fingerprint density at radius 3 is 2.27 bits per heavy atom. The van der Waals surface area contributed by atoms with Crippen LogP contribution in [0, 0.1) is 6.92 Å². The molecule has 0 radical (unpaired) electrons. The highest BCUT2D eigenvalue weighted by atomic mass is 35.5. The number of anilines is 1. The number of carbonyl (C=O) groups is 1. The average molecular weight is 544 g/mol. The van der Waals surface area contributed by atoms with Gasteiger partial charge in [0.1, 0.15) is 11.5 Å². The van der Waals surface area contributed by atoms with Crippen LogP contribution < -0.4 is 14.8 Å². The molecule has 10 heteroatoms. The molecule has 1 aliphatic heterocycles. The van der Waals surface area contributed by atoms with E-state index in [1.807, 2.05) is 37.3 Å². The SMILES string of the molecule is COc1cc(NC(=O)c2cccc(CN3CCN(S(=O)(=O)c4ccc(C)cc4)CC3)c2)c(OC)cc1Cl. The number of hydrogen-bond acceptors (Lipinski definition) is 6. The van der Waals surface area contributed by atoms with Gasteiger partial charge < -0.3 is 14.8 Å². The van der Waals surface area contributed by atoms with Crippen LogP contribution in [0.15, 0.2) is 65.6 Å². The zero-order valence-electron chi connectivity index (χ0n) is 21.0. The standard InChI is InChI=1S/C27H30ClN3O5S/c1-19-7-9-22(10-8-19)37(33,34)31-13-11-30(12-14-31)18-20-5-4-6-21(15-20)27(32)29-24-17-25(35-2)23(28)16-26(24)36-3/h4-10,15-17H,11-14,18H2,1-3H3,(H,29,32). The average Bonchev–Trinajstić information content (AvgIpc) is 2.90. The smallest absolute Gasteiger partial charge is 0.255 e. The summed E-state index contributed by atoms with van der Waals surface area (Å²) in [5, 5.41) is 3.24. The van der Waals surface area contributed by atoms with Crippen molar-refractivity contribution < 1.29 is 22.7 Å². The Morgan fingerprint density at radius 2 is 1.62 bits per heavy atom. The largest absolute Gasteiger partial charge is 0.495 e. The molecule has 37 heavy (non-hydrogen) atoms. The molecule has 196 valence electrons. The number of piperazine rings is 1. The number of rotatable bonds is 8. The van der Waals surface area contributed by atoms with Crippen LogP contribution in [0.25, 0.3) is 0 Å². The van der Waals surface area contributed by atoms with Gasteiger partial charge in [-0.15, -0.1) is 0 Å². The van der Waals surface area contributed by atoms with Crippen molar-refractivity contribution in [1.29, 1.82) is 0 Å². The first-order valence-corrected chi connectivity index (χ1v) is 13.6. The molecule has 1 amide bonds. The molecule has 4 rings (SSSR count). The van der Waals surface area contributed by atoms with Gasteiger partial charge in [0.05, 0.1) is 29.8 Å². The van der Waals surface area contributed by atoms with Crippen LogP contribution in [0.5, 0.6) is 11.5 Å². The summed E-state index contributed by atoms with van der Waals surface area (Å²) in [7, 11) is -0.509. The molecule has 0 aromatic heterocycles. The summed E-state index contributed by atoms with van der Waals surface area (Å²) in [5.74, 6) is 0.558. The fraction of sp³-hybridized carbons (Fsp3) is 0.296. The maximum Gasteiger partial charge on any atom is 0.255 e. The number of amides is 1. The van der Waals surface area contributed by atoms with E-state index in [-0.39, 0.29) is 5.91 Å². The number of sulfonamides is 1.